The molecule has 0 radical (unpaired) electrons. The monoisotopic (exact) mass is 230 g/mol. The number of hydrogen-bond acceptors (Lipinski definition) is 1. The maximum absolute atomic E-state index is 10.3. The Morgan fingerprint density at radius 2 is 2.10 bits per heavy atom. The summed E-state index contributed by atoms with van der Waals surface area (Å²) in [5.41, 5.74) is 0. The van der Waals surface area contributed by atoms with Gasteiger partial charge in [-0.2, -0.15) is 0 Å². The Labute approximate surface area is 68.4 Å². The first-order chi connectivity index (χ1) is 4.45. The Balaban J connectivity index is 3.46. The van der Waals surface area contributed by atoms with E-state index >= 15 is 0 Å². The number of halogens is 1. The van der Waals surface area contributed by atoms with E-state index in [1.54, 1.807) is 0 Å². The molecule has 0 rings (SSSR count). The van der Waals surface area contributed by atoms with Crippen molar-refractivity contribution in [1.29, 1.82) is 0 Å². The van der Waals surface area contributed by atoms with Crippen molar-refractivity contribution in [2.24, 2.45) is 0 Å². The van der Waals surface area contributed by atoms with Gasteiger partial charge in [-0.15, -0.1) is 0 Å². The Morgan fingerprint density at radius 3 is 2.40 bits per heavy atom. The molecule has 0 aromatic carbocycles. The number of alkyl halides is 1. The third-order valence-corrected chi connectivity index (χ3v) is 3.47. The summed E-state index contributed by atoms with van der Waals surface area (Å²) >= 11 is 1.27. The summed E-state index contributed by atoms with van der Waals surface area (Å²) in [6, 6.07) is 0. The van der Waals surface area contributed by atoms with Gasteiger partial charge in [0, 0.05) is 0 Å². The zero-order chi connectivity index (χ0) is 8.20. The molecular weight excluding hydrogens is 218 g/mol. The van der Waals surface area contributed by atoms with Crippen LogP contribution in [0.3, 0.4) is 0 Å². The molecule has 0 aliphatic rings. The standard InChI is InChI=1S/C5H12AsClO3/c1-2-5(7)3-4-6(8,9)10/h5H,2-4H2,1H3,(H2,8,9,10). The van der Waals surface area contributed by atoms with Gasteiger partial charge in [0.15, 0.2) is 0 Å². The topological polar surface area (TPSA) is 57.5 Å². The van der Waals surface area contributed by atoms with Crippen molar-refractivity contribution in [3.8, 4) is 0 Å². The van der Waals surface area contributed by atoms with Crippen molar-refractivity contribution >= 4 is 25.8 Å². The van der Waals surface area contributed by atoms with Crippen LogP contribution in [0.5, 0.6) is 0 Å². The average Bonchev–Trinajstić information content (AvgIpc) is 1.81. The van der Waals surface area contributed by atoms with Gasteiger partial charge in [-0.25, -0.2) is 0 Å². The molecule has 0 aliphatic carbocycles. The Bertz CT molecular complexity index is 133. The second-order valence-corrected chi connectivity index (χ2v) is 6.53. The van der Waals surface area contributed by atoms with Crippen molar-refractivity contribution in [1.82, 2.24) is 0 Å². The molecule has 0 fully saturated rings. The molecule has 0 saturated carbocycles. The molecule has 0 amide bonds. The van der Waals surface area contributed by atoms with E-state index < -0.39 is 14.2 Å². The van der Waals surface area contributed by atoms with Crippen LogP contribution in [0.15, 0.2) is 0 Å². The Kier molecular flexibility index (Phi) is 4.70. The first-order valence-corrected chi connectivity index (χ1v) is 7.35. The van der Waals surface area contributed by atoms with E-state index in [9.17, 15) is 3.74 Å². The minimum absolute atomic E-state index is 0.0414. The van der Waals surface area contributed by atoms with E-state index in [-0.39, 0.29) is 10.6 Å². The van der Waals surface area contributed by atoms with Gasteiger partial charge in [0.25, 0.3) is 0 Å². The van der Waals surface area contributed by atoms with Crippen LogP contribution in [-0.2, 0) is 3.74 Å². The predicted molar refractivity (Wildman–Crippen MR) is 40.2 cm³/mol. The third kappa shape index (κ3) is 6.69. The summed E-state index contributed by atoms with van der Waals surface area (Å²) in [5.74, 6) is 0. The van der Waals surface area contributed by atoms with Crippen molar-refractivity contribution in [3.05, 3.63) is 0 Å². The van der Waals surface area contributed by atoms with Crippen molar-refractivity contribution in [2.75, 3.05) is 0 Å². The molecule has 5 heteroatoms. The molecule has 1 unspecified atom stereocenters. The zero-order valence-electron chi connectivity index (χ0n) is 5.83. The van der Waals surface area contributed by atoms with E-state index in [4.69, 9.17) is 19.8 Å². The summed E-state index contributed by atoms with van der Waals surface area (Å²) in [6.07, 6.45) is 1.18. The van der Waals surface area contributed by atoms with Gasteiger partial charge in [0.1, 0.15) is 0 Å². The molecule has 0 spiro atoms. The quantitative estimate of drug-likeness (QED) is 0.553. The van der Waals surface area contributed by atoms with E-state index in [1.165, 1.54) is 0 Å². The van der Waals surface area contributed by atoms with E-state index in [0.29, 0.717) is 6.42 Å². The summed E-state index contributed by atoms with van der Waals surface area (Å²) in [5, 5.41) is -0.130. The molecular formula is C5H12AsClO3. The first kappa shape index (κ1) is 10.6. The van der Waals surface area contributed by atoms with Crippen LogP contribution in [0.25, 0.3) is 0 Å². The second kappa shape index (κ2) is 4.45. The summed E-state index contributed by atoms with van der Waals surface area (Å²) in [4.78, 5) is 0. The minimum atomic E-state index is -4.37. The van der Waals surface area contributed by atoms with Crippen LogP contribution in [0.2, 0.25) is 5.21 Å². The van der Waals surface area contributed by atoms with Crippen molar-refractivity contribution in [3.63, 3.8) is 0 Å². The Morgan fingerprint density at radius 1 is 1.60 bits per heavy atom. The molecule has 0 heterocycles. The molecule has 0 aromatic heterocycles. The van der Waals surface area contributed by atoms with Gasteiger partial charge in [0.2, 0.25) is 0 Å². The average molecular weight is 231 g/mol. The van der Waals surface area contributed by atoms with E-state index in [2.05, 4.69) is 0 Å². The maximum atomic E-state index is 10.3. The van der Waals surface area contributed by atoms with Crippen LogP contribution < -0.4 is 0 Å². The SMILES string of the molecule is CCC(Cl)CC[As](=O)(O)O. The molecule has 0 aromatic rings. The number of hydrogen-bond donors (Lipinski definition) is 2. The molecule has 1 atom stereocenters. The predicted octanol–water partition coefficient (Wildman–Crippen LogP) is 0.748. The first-order valence-electron chi connectivity index (χ1n) is 3.14. The van der Waals surface area contributed by atoms with Crippen LogP contribution >= 0.6 is 11.6 Å². The van der Waals surface area contributed by atoms with Gasteiger partial charge in [0.05, 0.1) is 0 Å². The van der Waals surface area contributed by atoms with Crippen molar-refractivity contribution < 1.29 is 11.9 Å². The fourth-order valence-corrected chi connectivity index (χ4v) is 2.31. The Hall–Kier alpha value is 0.568. The van der Waals surface area contributed by atoms with Gasteiger partial charge >= 0.3 is 68.1 Å². The molecule has 3 nitrogen and oxygen atoms in total. The summed E-state index contributed by atoms with van der Waals surface area (Å²) in [6.45, 7) is 1.89. The van der Waals surface area contributed by atoms with Crippen LogP contribution in [0, 0.1) is 0 Å². The normalized spacial score (nSPS) is 15.2. The molecule has 10 heavy (non-hydrogen) atoms. The van der Waals surface area contributed by atoms with Crippen LogP contribution in [0.1, 0.15) is 19.8 Å². The fraction of sp³-hybridized carbons (Fsp3) is 1.00. The van der Waals surface area contributed by atoms with E-state index in [1.807, 2.05) is 6.92 Å². The van der Waals surface area contributed by atoms with Crippen LogP contribution in [-0.4, -0.2) is 27.7 Å². The fourth-order valence-electron chi connectivity index (χ4n) is 0.512. The third-order valence-electron chi connectivity index (χ3n) is 1.18. The van der Waals surface area contributed by atoms with Gasteiger partial charge in [-0.05, 0) is 0 Å². The molecule has 0 aliphatic heterocycles. The zero-order valence-corrected chi connectivity index (χ0v) is 8.46. The second-order valence-electron chi connectivity index (χ2n) is 2.18. The van der Waals surface area contributed by atoms with Gasteiger partial charge < -0.3 is 0 Å². The van der Waals surface area contributed by atoms with Crippen LogP contribution in [0.4, 0.5) is 0 Å². The van der Waals surface area contributed by atoms with Crippen molar-refractivity contribution in [2.45, 2.75) is 30.4 Å². The van der Waals surface area contributed by atoms with Gasteiger partial charge in [-0.1, -0.05) is 0 Å². The summed E-state index contributed by atoms with van der Waals surface area (Å²) in [7, 11) is 0. The number of rotatable bonds is 4. The van der Waals surface area contributed by atoms with E-state index in [0.717, 1.165) is 6.42 Å². The summed E-state index contributed by atoms with van der Waals surface area (Å²) < 4.78 is 27.3. The van der Waals surface area contributed by atoms with Gasteiger partial charge in [-0.3, -0.25) is 0 Å². The molecule has 0 bridgehead atoms. The molecule has 62 valence electrons. The molecule has 2 N–H and O–H groups in total. The molecule has 0 saturated heterocycles.